The molecule has 1 atom stereocenters. The quantitative estimate of drug-likeness (QED) is 0.567. The van der Waals surface area contributed by atoms with Crippen LogP contribution in [0.15, 0.2) is 42.5 Å². The number of anilines is 1. The fourth-order valence-electron chi connectivity index (χ4n) is 2.98. The van der Waals surface area contributed by atoms with Crippen LogP contribution >= 0.6 is 23.2 Å². The second-order valence-electron chi connectivity index (χ2n) is 7.04. The zero-order valence-electron chi connectivity index (χ0n) is 17.8. The topological polar surface area (TPSA) is 86.8 Å². The largest absolute Gasteiger partial charge is 0.355 e. The van der Waals surface area contributed by atoms with Gasteiger partial charge < -0.3 is 10.2 Å². The van der Waals surface area contributed by atoms with E-state index in [9.17, 15) is 22.4 Å². The molecule has 0 saturated heterocycles. The fraction of sp³-hybridized carbons (Fsp3) is 0.333. The summed E-state index contributed by atoms with van der Waals surface area (Å²) in [5, 5.41) is 3.25. The summed E-state index contributed by atoms with van der Waals surface area (Å²) in [7, 11) is -3.89. The number of carbonyl (C=O) groups excluding carboxylic acids is 2. The average Bonchev–Trinajstić information content (AvgIpc) is 2.71. The number of benzene rings is 2. The van der Waals surface area contributed by atoms with Crippen LogP contribution in [0.5, 0.6) is 0 Å². The van der Waals surface area contributed by atoms with E-state index in [2.05, 4.69) is 5.32 Å². The van der Waals surface area contributed by atoms with E-state index in [4.69, 9.17) is 23.2 Å². The molecule has 0 heterocycles. The fourth-order valence-corrected chi connectivity index (χ4v) is 4.35. The lowest BCUT2D eigenvalue weighted by Gasteiger charge is -2.31. The van der Waals surface area contributed by atoms with Crippen molar-refractivity contribution in [2.45, 2.75) is 26.4 Å². The third kappa shape index (κ3) is 6.57. The third-order valence-corrected chi connectivity index (χ3v) is 6.55. The number of likely N-dealkylation sites (N-methyl/N-ethyl adjacent to an activating group) is 1. The predicted molar refractivity (Wildman–Crippen MR) is 124 cm³/mol. The van der Waals surface area contributed by atoms with Gasteiger partial charge in [-0.2, -0.15) is 0 Å². The number of halogens is 3. The van der Waals surface area contributed by atoms with Crippen molar-refractivity contribution < 1.29 is 22.4 Å². The Morgan fingerprint density at radius 3 is 2.16 bits per heavy atom. The molecule has 0 aliphatic heterocycles. The van der Waals surface area contributed by atoms with Gasteiger partial charge in [0.05, 0.1) is 11.9 Å². The summed E-state index contributed by atoms with van der Waals surface area (Å²) in [6.07, 6.45) is 0.937. The van der Waals surface area contributed by atoms with E-state index in [-0.39, 0.29) is 12.2 Å². The van der Waals surface area contributed by atoms with Crippen molar-refractivity contribution in [2.75, 3.05) is 23.7 Å². The van der Waals surface area contributed by atoms with Gasteiger partial charge in [-0.3, -0.25) is 13.9 Å². The summed E-state index contributed by atoms with van der Waals surface area (Å²) in [6.45, 7) is 2.90. The molecular weight excluding hydrogens is 480 g/mol. The smallest absolute Gasteiger partial charge is 0.244 e. The Balaban J connectivity index is 2.43. The number of hydrogen-bond acceptors (Lipinski definition) is 4. The van der Waals surface area contributed by atoms with E-state index < -0.39 is 40.2 Å². The number of rotatable bonds is 9. The van der Waals surface area contributed by atoms with Crippen LogP contribution in [0, 0.1) is 5.82 Å². The summed E-state index contributed by atoms with van der Waals surface area (Å²) < 4.78 is 38.9. The van der Waals surface area contributed by atoms with Crippen molar-refractivity contribution in [3.8, 4) is 0 Å². The number of nitrogens with one attached hydrogen (secondary N) is 1. The zero-order valence-corrected chi connectivity index (χ0v) is 20.1. The minimum absolute atomic E-state index is 0.114. The van der Waals surface area contributed by atoms with Crippen LogP contribution in [0.3, 0.4) is 0 Å². The Morgan fingerprint density at radius 2 is 1.66 bits per heavy atom. The highest BCUT2D eigenvalue weighted by atomic mass is 35.5. The van der Waals surface area contributed by atoms with Crippen molar-refractivity contribution in [1.29, 1.82) is 0 Å². The lowest BCUT2D eigenvalue weighted by atomic mass is 10.1. The monoisotopic (exact) mass is 503 g/mol. The molecule has 0 bridgehead atoms. The minimum atomic E-state index is -3.89. The maximum Gasteiger partial charge on any atom is 0.244 e. The van der Waals surface area contributed by atoms with Crippen LogP contribution in [0.4, 0.5) is 10.1 Å². The molecule has 11 heteroatoms. The highest BCUT2D eigenvalue weighted by Gasteiger charge is 2.30. The van der Waals surface area contributed by atoms with Gasteiger partial charge in [0.2, 0.25) is 21.8 Å². The molecular formula is C21H24Cl2FN3O4S. The first-order valence-corrected chi connectivity index (χ1v) is 12.3. The predicted octanol–water partition coefficient (Wildman–Crippen LogP) is 3.45. The second kappa shape index (κ2) is 11.0. The average molecular weight is 504 g/mol. The Bertz CT molecular complexity index is 1060. The molecule has 2 amide bonds. The maximum absolute atomic E-state index is 13.3. The molecule has 0 aliphatic carbocycles. The van der Waals surface area contributed by atoms with Crippen molar-refractivity contribution in [2.24, 2.45) is 0 Å². The molecule has 0 aromatic heterocycles. The van der Waals surface area contributed by atoms with Gasteiger partial charge in [-0.15, -0.1) is 0 Å². The minimum Gasteiger partial charge on any atom is -0.355 e. The number of nitrogens with zero attached hydrogens (tertiary/aromatic N) is 2. The van der Waals surface area contributed by atoms with Crippen LogP contribution < -0.4 is 9.62 Å². The molecule has 7 nitrogen and oxygen atoms in total. The Labute approximate surface area is 197 Å². The van der Waals surface area contributed by atoms with Crippen LogP contribution in [-0.4, -0.2) is 50.5 Å². The van der Waals surface area contributed by atoms with Crippen LogP contribution in [0.1, 0.15) is 19.4 Å². The molecule has 2 rings (SSSR count). The van der Waals surface area contributed by atoms with E-state index in [1.807, 2.05) is 0 Å². The molecule has 0 spiro atoms. The number of carbonyl (C=O) groups is 2. The van der Waals surface area contributed by atoms with Gasteiger partial charge in [0.15, 0.2) is 0 Å². The van der Waals surface area contributed by atoms with Crippen molar-refractivity contribution >= 4 is 50.7 Å². The van der Waals surface area contributed by atoms with E-state index in [1.165, 1.54) is 24.0 Å². The van der Waals surface area contributed by atoms with Crippen LogP contribution in [-0.2, 0) is 26.2 Å². The summed E-state index contributed by atoms with van der Waals surface area (Å²) in [5.41, 5.74) is 0.539. The highest BCUT2D eigenvalue weighted by molar-refractivity contribution is 7.92. The summed E-state index contributed by atoms with van der Waals surface area (Å²) in [6, 6.07) is 8.61. The normalized spacial score (nSPS) is 12.2. The van der Waals surface area contributed by atoms with Gasteiger partial charge in [0, 0.05) is 28.7 Å². The van der Waals surface area contributed by atoms with E-state index >= 15 is 0 Å². The molecule has 0 aliphatic rings. The molecule has 1 unspecified atom stereocenters. The zero-order chi connectivity index (χ0) is 24.1. The lowest BCUT2D eigenvalue weighted by molar-refractivity contribution is -0.139. The second-order valence-corrected chi connectivity index (χ2v) is 9.76. The van der Waals surface area contributed by atoms with E-state index in [1.54, 1.807) is 25.1 Å². The van der Waals surface area contributed by atoms with E-state index in [0.717, 1.165) is 22.7 Å². The molecule has 2 aromatic rings. The van der Waals surface area contributed by atoms with Crippen molar-refractivity contribution in [1.82, 2.24) is 10.2 Å². The van der Waals surface area contributed by atoms with Gasteiger partial charge >= 0.3 is 0 Å². The molecule has 32 heavy (non-hydrogen) atoms. The summed E-state index contributed by atoms with van der Waals surface area (Å²) in [5.74, 6) is -1.63. The first-order valence-electron chi connectivity index (χ1n) is 9.69. The molecule has 0 radical (unpaired) electrons. The molecule has 0 fully saturated rings. The van der Waals surface area contributed by atoms with Crippen molar-refractivity contribution in [3.63, 3.8) is 0 Å². The SMILES string of the molecule is CCNC(=O)C(C)N(Cc1c(Cl)cccc1Cl)C(=O)CN(c1ccc(F)cc1)S(C)(=O)=O. The van der Waals surface area contributed by atoms with Gasteiger partial charge in [0.1, 0.15) is 18.4 Å². The number of amides is 2. The van der Waals surface area contributed by atoms with Crippen LogP contribution in [0.2, 0.25) is 10.0 Å². The standard InChI is InChI=1S/C21H24Cl2FN3O4S/c1-4-25-21(29)14(2)26(12-17-18(22)6-5-7-19(17)23)20(28)13-27(32(3,30)31)16-10-8-15(24)9-11-16/h5-11,14H,4,12-13H2,1-3H3,(H,25,29). The van der Waals surface area contributed by atoms with E-state index in [0.29, 0.717) is 22.2 Å². The molecule has 1 N–H and O–H groups in total. The number of sulfonamides is 1. The van der Waals surface area contributed by atoms with Gasteiger partial charge in [-0.05, 0) is 50.2 Å². The lowest BCUT2D eigenvalue weighted by Crippen LogP contribution is -2.51. The van der Waals surface area contributed by atoms with Crippen LogP contribution in [0.25, 0.3) is 0 Å². The first kappa shape index (κ1) is 25.9. The highest BCUT2D eigenvalue weighted by Crippen LogP contribution is 2.27. The summed E-state index contributed by atoms with van der Waals surface area (Å²) in [4.78, 5) is 27.0. The molecule has 0 saturated carbocycles. The Morgan fingerprint density at radius 1 is 1.09 bits per heavy atom. The number of hydrogen-bond donors (Lipinski definition) is 1. The molecule has 174 valence electrons. The first-order chi connectivity index (χ1) is 15.0. The maximum atomic E-state index is 13.3. The molecule has 2 aromatic carbocycles. The Kier molecular flexibility index (Phi) is 8.89. The Hall–Kier alpha value is -2.36. The van der Waals surface area contributed by atoms with Gasteiger partial charge in [0.25, 0.3) is 0 Å². The van der Waals surface area contributed by atoms with Crippen molar-refractivity contribution in [3.05, 3.63) is 63.9 Å². The summed E-state index contributed by atoms with van der Waals surface area (Å²) >= 11 is 12.5. The van der Waals surface area contributed by atoms with Gasteiger partial charge in [-0.25, -0.2) is 12.8 Å². The van der Waals surface area contributed by atoms with Gasteiger partial charge in [-0.1, -0.05) is 29.3 Å². The third-order valence-electron chi connectivity index (χ3n) is 4.70.